The van der Waals surface area contributed by atoms with E-state index in [4.69, 9.17) is 0 Å². The highest BCUT2D eigenvalue weighted by atomic mass is 16.1. The van der Waals surface area contributed by atoms with Gasteiger partial charge in [-0.25, -0.2) is 0 Å². The zero-order chi connectivity index (χ0) is 8.69. The average molecular weight is 154 g/mol. The van der Waals surface area contributed by atoms with E-state index >= 15 is 0 Å². The molecule has 0 aromatic rings. The molecule has 0 saturated heterocycles. The second-order valence-corrected chi connectivity index (χ2v) is 2.68. The summed E-state index contributed by atoms with van der Waals surface area (Å²) in [7, 11) is 0. The van der Waals surface area contributed by atoms with E-state index in [0.717, 1.165) is 6.42 Å². The molecule has 0 aromatic heterocycles. The minimum Gasteiger partial charge on any atom is -0.303 e. The van der Waals surface area contributed by atoms with Gasteiger partial charge in [-0.15, -0.1) is 6.58 Å². The Hall–Kier alpha value is -0.630. The van der Waals surface area contributed by atoms with Crippen LogP contribution in [0.4, 0.5) is 0 Å². The molecule has 0 aliphatic heterocycles. The fraction of sp³-hybridized carbons (Fsp3) is 0.667. The highest BCUT2D eigenvalue weighted by Gasteiger charge is 2.13. The van der Waals surface area contributed by atoms with Crippen molar-refractivity contribution in [3.05, 3.63) is 12.7 Å². The highest BCUT2D eigenvalue weighted by Crippen LogP contribution is 2.04. The Bertz CT molecular complexity index is 123. The maximum atomic E-state index is 10.4. The lowest BCUT2D eigenvalue weighted by atomic mass is 10.0. The van der Waals surface area contributed by atoms with Crippen molar-refractivity contribution < 1.29 is 4.79 Å². The van der Waals surface area contributed by atoms with Crippen LogP contribution in [0.15, 0.2) is 12.7 Å². The monoisotopic (exact) mass is 154 g/mol. The standard InChI is InChI=1S/C9H16NO/c1-4-6-10-9(7-11)8(3)5-2/h4,8-10H,1,5-6H2,2-3H3. The van der Waals surface area contributed by atoms with Crippen molar-refractivity contribution >= 4 is 6.29 Å². The third-order valence-corrected chi connectivity index (χ3v) is 1.82. The lowest BCUT2D eigenvalue weighted by Gasteiger charge is -2.16. The molecule has 0 aliphatic rings. The lowest BCUT2D eigenvalue weighted by molar-refractivity contribution is 0.429. The molecule has 2 atom stereocenters. The van der Waals surface area contributed by atoms with E-state index in [2.05, 4.69) is 18.8 Å². The number of carbonyl (C=O) groups excluding carboxylic acids is 1. The Labute approximate surface area is 68.7 Å². The second kappa shape index (κ2) is 6.10. The molecule has 0 aromatic carbocycles. The third-order valence-electron chi connectivity index (χ3n) is 1.82. The first-order valence-corrected chi connectivity index (χ1v) is 3.98. The molecule has 0 saturated carbocycles. The van der Waals surface area contributed by atoms with Crippen LogP contribution in [0, 0.1) is 5.92 Å². The molecule has 0 amide bonds. The first kappa shape index (κ1) is 10.4. The van der Waals surface area contributed by atoms with Gasteiger partial charge < -0.3 is 5.32 Å². The van der Waals surface area contributed by atoms with E-state index in [-0.39, 0.29) is 6.04 Å². The number of hydrogen-bond donors (Lipinski definition) is 1. The van der Waals surface area contributed by atoms with Gasteiger partial charge in [0.2, 0.25) is 6.29 Å². The van der Waals surface area contributed by atoms with E-state index in [9.17, 15) is 4.79 Å². The molecular formula is C9H16NO. The van der Waals surface area contributed by atoms with Gasteiger partial charge in [-0.2, -0.15) is 0 Å². The number of nitrogens with one attached hydrogen (secondary N) is 1. The van der Waals surface area contributed by atoms with Crippen LogP contribution in [0.1, 0.15) is 20.3 Å². The summed E-state index contributed by atoms with van der Waals surface area (Å²) in [5.74, 6) is 0.354. The summed E-state index contributed by atoms with van der Waals surface area (Å²) in [4.78, 5) is 10.4. The van der Waals surface area contributed by atoms with Gasteiger partial charge in [0, 0.05) is 6.54 Å². The maximum Gasteiger partial charge on any atom is 0.217 e. The maximum absolute atomic E-state index is 10.4. The molecule has 0 bridgehead atoms. The molecule has 11 heavy (non-hydrogen) atoms. The Morgan fingerprint density at radius 2 is 2.36 bits per heavy atom. The fourth-order valence-corrected chi connectivity index (χ4v) is 0.805. The topological polar surface area (TPSA) is 29.1 Å². The minimum atomic E-state index is -0.141. The van der Waals surface area contributed by atoms with Crippen molar-refractivity contribution in [1.82, 2.24) is 5.32 Å². The summed E-state index contributed by atoms with van der Waals surface area (Å²) >= 11 is 0. The molecule has 2 unspecified atom stereocenters. The molecule has 1 radical (unpaired) electrons. The summed E-state index contributed by atoms with van der Waals surface area (Å²) in [5, 5.41) is 3.03. The Kier molecular flexibility index (Phi) is 5.75. The molecule has 63 valence electrons. The largest absolute Gasteiger partial charge is 0.303 e. The first-order chi connectivity index (χ1) is 5.26. The Balaban J connectivity index is 3.73. The quantitative estimate of drug-likeness (QED) is 0.584. The molecule has 0 rings (SSSR count). The highest BCUT2D eigenvalue weighted by molar-refractivity contribution is 5.58. The summed E-state index contributed by atoms with van der Waals surface area (Å²) in [6.45, 7) is 8.32. The molecule has 1 N–H and O–H groups in total. The van der Waals surface area contributed by atoms with E-state index in [1.165, 1.54) is 0 Å². The normalized spacial score (nSPS) is 15.5. The molecule has 0 aliphatic carbocycles. The van der Waals surface area contributed by atoms with Crippen LogP contribution in [-0.2, 0) is 4.79 Å². The van der Waals surface area contributed by atoms with E-state index in [1.807, 2.05) is 13.2 Å². The predicted molar refractivity (Wildman–Crippen MR) is 47.1 cm³/mol. The predicted octanol–water partition coefficient (Wildman–Crippen LogP) is 1.29. The van der Waals surface area contributed by atoms with Gasteiger partial charge in [0.05, 0.1) is 6.04 Å². The van der Waals surface area contributed by atoms with Crippen molar-refractivity contribution in [3.63, 3.8) is 0 Å². The van der Waals surface area contributed by atoms with Gasteiger partial charge in [-0.05, 0) is 5.92 Å². The van der Waals surface area contributed by atoms with E-state index in [0.29, 0.717) is 12.5 Å². The number of rotatable bonds is 6. The van der Waals surface area contributed by atoms with Crippen LogP contribution in [0.2, 0.25) is 0 Å². The fourth-order valence-electron chi connectivity index (χ4n) is 0.805. The van der Waals surface area contributed by atoms with Crippen LogP contribution in [0.25, 0.3) is 0 Å². The van der Waals surface area contributed by atoms with Crippen LogP contribution < -0.4 is 5.32 Å². The molecule has 2 heteroatoms. The minimum absolute atomic E-state index is 0.141. The number of hydrogen-bond acceptors (Lipinski definition) is 2. The van der Waals surface area contributed by atoms with Crippen molar-refractivity contribution in [2.75, 3.05) is 6.54 Å². The molecule has 0 fully saturated rings. The van der Waals surface area contributed by atoms with E-state index < -0.39 is 0 Å². The van der Waals surface area contributed by atoms with Crippen LogP contribution >= 0.6 is 0 Å². The van der Waals surface area contributed by atoms with Crippen molar-refractivity contribution in [1.29, 1.82) is 0 Å². The first-order valence-electron chi connectivity index (χ1n) is 3.98. The summed E-state index contributed by atoms with van der Waals surface area (Å²) < 4.78 is 0. The molecule has 0 heterocycles. The van der Waals surface area contributed by atoms with Crippen molar-refractivity contribution in [2.24, 2.45) is 5.92 Å². The average Bonchev–Trinajstić information content (AvgIpc) is 2.05. The van der Waals surface area contributed by atoms with Crippen molar-refractivity contribution in [2.45, 2.75) is 26.3 Å². The smallest absolute Gasteiger partial charge is 0.217 e. The molecular weight excluding hydrogens is 138 g/mol. The molecule has 2 nitrogen and oxygen atoms in total. The Morgan fingerprint density at radius 3 is 2.73 bits per heavy atom. The van der Waals surface area contributed by atoms with Gasteiger partial charge in [-0.3, -0.25) is 4.79 Å². The molecule has 0 spiro atoms. The van der Waals surface area contributed by atoms with Gasteiger partial charge >= 0.3 is 0 Å². The van der Waals surface area contributed by atoms with Crippen LogP contribution in [0.3, 0.4) is 0 Å². The van der Waals surface area contributed by atoms with Crippen molar-refractivity contribution in [3.8, 4) is 0 Å². The van der Waals surface area contributed by atoms with Gasteiger partial charge in [0.15, 0.2) is 0 Å². The zero-order valence-electron chi connectivity index (χ0n) is 7.26. The second-order valence-electron chi connectivity index (χ2n) is 2.68. The van der Waals surface area contributed by atoms with E-state index in [1.54, 1.807) is 6.08 Å². The van der Waals surface area contributed by atoms with Gasteiger partial charge in [0.25, 0.3) is 0 Å². The summed E-state index contributed by atoms with van der Waals surface area (Å²) in [5.41, 5.74) is 0. The van der Waals surface area contributed by atoms with Crippen LogP contribution in [-0.4, -0.2) is 18.9 Å². The SMILES string of the molecule is C=CCNC([C]=O)C(C)CC. The summed E-state index contributed by atoms with van der Waals surface area (Å²) in [6.07, 6.45) is 4.71. The Morgan fingerprint density at radius 1 is 1.73 bits per heavy atom. The lowest BCUT2D eigenvalue weighted by Crippen LogP contribution is -2.36. The summed E-state index contributed by atoms with van der Waals surface area (Å²) in [6, 6.07) is -0.141. The van der Waals surface area contributed by atoms with Gasteiger partial charge in [-0.1, -0.05) is 26.3 Å². The third kappa shape index (κ3) is 3.94. The van der Waals surface area contributed by atoms with Crippen LogP contribution in [0.5, 0.6) is 0 Å². The van der Waals surface area contributed by atoms with Gasteiger partial charge in [0.1, 0.15) is 0 Å². The zero-order valence-corrected chi connectivity index (χ0v) is 7.26.